The fourth-order valence-corrected chi connectivity index (χ4v) is 3.93. The highest BCUT2D eigenvalue weighted by atomic mass is 16.5. The van der Waals surface area contributed by atoms with Crippen LogP contribution in [0.25, 0.3) is 22.0 Å². The lowest BCUT2D eigenvalue weighted by Gasteiger charge is -2.14. The largest absolute Gasteiger partial charge is 0.489 e. The van der Waals surface area contributed by atoms with Crippen LogP contribution in [0.2, 0.25) is 0 Å². The number of fused-ring (bicyclic) bond motifs is 1. The minimum Gasteiger partial charge on any atom is -0.489 e. The first kappa shape index (κ1) is 20.7. The number of rotatable bonds is 8. The number of pyridine rings is 1. The average Bonchev–Trinajstić information content (AvgIpc) is 3.22. The summed E-state index contributed by atoms with van der Waals surface area (Å²) in [5, 5.41) is 10.3. The zero-order valence-electron chi connectivity index (χ0n) is 17.8. The van der Waals surface area contributed by atoms with Crippen LogP contribution in [0, 0.1) is 0 Å². The Labute approximate surface area is 181 Å². The van der Waals surface area contributed by atoms with E-state index in [4.69, 9.17) is 9.84 Å². The van der Waals surface area contributed by atoms with Gasteiger partial charge in [-0.1, -0.05) is 37.6 Å². The molecule has 0 fully saturated rings. The molecule has 2 aromatic carbocycles. The number of nitrogens with zero attached hydrogens (tertiary/aromatic N) is 2. The average molecular weight is 415 g/mol. The second-order valence-corrected chi connectivity index (χ2v) is 7.55. The number of carboxylic acids is 1. The van der Waals surface area contributed by atoms with Crippen LogP contribution in [0.5, 0.6) is 5.75 Å². The van der Waals surface area contributed by atoms with Gasteiger partial charge in [0, 0.05) is 41.0 Å². The summed E-state index contributed by atoms with van der Waals surface area (Å²) in [5.74, 6) is -0.0936. The number of carbonyl (C=O) groups is 1. The maximum atomic E-state index is 11.0. The van der Waals surface area contributed by atoms with E-state index in [1.54, 1.807) is 12.3 Å². The lowest BCUT2D eigenvalue weighted by atomic mass is 10.0. The fourth-order valence-electron chi connectivity index (χ4n) is 3.93. The maximum absolute atomic E-state index is 11.0. The standard InChI is InChI=1S/C26H26N2O3/c1-3-6-22-21-13-14-28(4-2)24(21)11-12-25(22)31-17-18-7-5-8-19(15-18)20-9-10-23(26(29)30)27-16-20/h5,7-16H,3-4,6,17H2,1-2H3,(H,29,30). The van der Waals surface area contributed by atoms with E-state index in [1.165, 1.54) is 22.5 Å². The number of hydrogen-bond acceptors (Lipinski definition) is 3. The zero-order valence-corrected chi connectivity index (χ0v) is 17.8. The summed E-state index contributed by atoms with van der Waals surface area (Å²) in [6.07, 6.45) is 5.76. The molecule has 0 saturated heterocycles. The van der Waals surface area contributed by atoms with Gasteiger partial charge in [0.2, 0.25) is 0 Å². The molecule has 0 bridgehead atoms. The molecular weight excluding hydrogens is 388 g/mol. The molecule has 0 aliphatic carbocycles. The van der Waals surface area contributed by atoms with Crippen LogP contribution >= 0.6 is 0 Å². The summed E-state index contributed by atoms with van der Waals surface area (Å²) in [6, 6.07) is 17.8. The molecule has 0 aliphatic rings. The van der Waals surface area contributed by atoms with Crippen LogP contribution in [0.3, 0.4) is 0 Å². The Morgan fingerprint density at radius 2 is 1.94 bits per heavy atom. The maximum Gasteiger partial charge on any atom is 0.354 e. The number of aryl methyl sites for hydroxylation is 2. The summed E-state index contributed by atoms with van der Waals surface area (Å²) in [6.45, 7) is 5.75. The van der Waals surface area contributed by atoms with E-state index >= 15 is 0 Å². The quantitative estimate of drug-likeness (QED) is 0.387. The Bertz CT molecular complexity index is 1210. The van der Waals surface area contributed by atoms with Crippen molar-refractivity contribution in [2.45, 2.75) is 39.8 Å². The van der Waals surface area contributed by atoms with Crippen molar-refractivity contribution in [3.8, 4) is 16.9 Å². The Morgan fingerprint density at radius 1 is 1.06 bits per heavy atom. The van der Waals surface area contributed by atoms with Crippen LogP contribution in [0.1, 0.15) is 41.9 Å². The van der Waals surface area contributed by atoms with E-state index in [1.807, 2.05) is 18.2 Å². The number of aromatic nitrogens is 2. The molecule has 4 rings (SSSR count). The molecule has 0 amide bonds. The SMILES string of the molecule is CCCc1c(OCc2cccc(-c3ccc(C(=O)O)nc3)c2)ccc2c1ccn2CC. The first-order valence-electron chi connectivity index (χ1n) is 10.6. The van der Waals surface area contributed by atoms with Crippen molar-refractivity contribution in [3.63, 3.8) is 0 Å². The van der Waals surface area contributed by atoms with Crippen molar-refractivity contribution in [1.82, 2.24) is 9.55 Å². The molecule has 0 radical (unpaired) electrons. The van der Waals surface area contributed by atoms with Gasteiger partial charge in [-0.25, -0.2) is 9.78 Å². The predicted molar refractivity (Wildman–Crippen MR) is 123 cm³/mol. The van der Waals surface area contributed by atoms with E-state index in [0.29, 0.717) is 6.61 Å². The van der Waals surface area contributed by atoms with Gasteiger partial charge in [-0.05, 0) is 54.8 Å². The van der Waals surface area contributed by atoms with Gasteiger partial charge in [-0.15, -0.1) is 0 Å². The molecule has 2 heterocycles. The van der Waals surface area contributed by atoms with E-state index in [0.717, 1.165) is 41.8 Å². The zero-order chi connectivity index (χ0) is 21.8. The van der Waals surface area contributed by atoms with E-state index in [2.05, 4.69) is 53.9 Å². The number of carboxylic acid groups (broad SMARTS) is 1. The molecule has 4 aromatic rings. The molecule has 0 aliphatic heterocycles. The van der Waals surface area contributed by atoms with Crippen LogP contribution in [0.4, 0.5) is 0 Å². The van der Waals surface area contributed by atoms with Gasteiger partial charge in [0.1, 0.15) is 18.1 Å². The molecule has 2 aromatic heterocycles. The Balaban J connectivity index is 1.57. The molecule has 5 heteroatoms. The van der Waals surface area contributed by atoms with Gasteiger partial charge in [0.25, 0.3) is 0 Å². The summed E-state index contributed by atoms with van der Waals surface area (Å²) < 4.78 is 8.52. The highest BCUT2D eigenvalue weighted by Crippen LogP contribution is 2.31. The first-order chi connectivity index (χ1) is 15.1. The van der Waals surface area contributed by atoms with Crippen molar-refractivity contribution >= 4 is 16.9 Å². The third kappa shape index (κ3) is 4.31. The summed E-state index contributed by atoms with van der Waals surface area (Å²) in [4.78, 5) is 15.0. The van der Waals surface area contributed by atoms with Crippen molar-refractivity contribution in [3.05, 3.63) is 83.8 Å². The first-order valence-corrected chi connectivity index (χ1v) is 10.6. The number of hydrogen-bond donors (Lipinski definition) is 1. The van der Waals surface area contributed by atoms with Crippen molar-refractivity contribution in [2.24, 2.45) is 0 Å². The number of ether oxygens (including phenoxy) is 1. The minimum absolute atomic E-state index is 0.0407. The Kier molecular flexibility index (Phi) is 6.03. The molecule has 158 valence electrons. The molecule has 5 nitrogen and oxygen atoms in total. The Hall–Kier alpha value is -3.60. The topological polar surface area (TPSA) is 64.3 Å². The van der Waals surface area contributed by atoms with Gasteiger partial charge >= 0.3 is 5.97 Å². The van der Waals surface area contributed by atoms with Gasteiger partial charge in [0.15, 0.2) is 0 Å². The van der Waals surface area contributed by atoms with Crippen molar-refractivity contribution in [2.75, 3.05) is 0 Å². The summed E-state index contributed by atoms with van der Waals surface area (Å²) in [7, 11) is 0. The van der Waals surface area contributed by atoms with Gasteiger partial charge < -0.3 is 14.4 Å². The second-order valence-electron chi connectivity index (χ2n) is 7.55. The molecular formula is C26H26N2O3. The molecule has 0 atom stereocenters. The summed E-state index contributed by atoms with van der Waals surface area (Å²) in [5.41, 5.74) is 5.46. The van der Waals surface area contributed by atoms with Crippen LogP contribution in [0.15, 0.2) is 67.0 Å². The highest BCUT2D eigenvalue weighted by Gasteiger charge is 2.12. The van der Waals surface area contributed by atoms with Crippen LogP contribution in [-0.4, -0.2) is 20.6 Å². The van der Waals surface area contributed by atoms with E-state index < -0.39 is 5.97 Å². The monoisotopic (exact) mass is 414 g/mol. The molecule has 0 unspecified atom stereocenters. The highest BCUT2D eigenvalue weighted by molar-refractivity contribution is 5.86. The lowest BCUT2D eigenvalue weighted by molar-refractivity contribution is 0.0690. The third-order valence-corrected chi connectivity index (χ3v) is 5.50. The molecule has 31 heavy (non-hydrogen) atoms. The lowest BCUT2D eigenvalue weighted by Crippen LogP contribution is -2.01. The van der Waals surface area contributed by atoms with Crippen molar-refractivity contribution < 1.29 is 14.6 Å². The van der Waals surface area contributed by atoms with E-state index in [9.17, 15) is 4.79 Å². The van der Waals surface area contributed by atoms with Crippen LogP contribution in [-0.2, 0) is 19.6 Å². The summed E-state index contributed by atoms with van der Waals surface area (Å²) >= 11 is 0. The minimum atomic E-state index is -1.03. The molecule has 0 spiro atoms. The number of aromatic carboxylic acids is 1. The predicted octanol–water partition coefficient (Wildman–Crippen LogP) is 5.95. The van der Waals surface area contributed by atoms with Gasteiger partial charge in [-0.3, -0.25) is 0 Å². The van der Waals surface area contributed by atoms with Gasteiger partial charge in [0.05, 0.1) is 0 Å². The molecule has 0 saturated carbocycles. The smallest absolute Gasteiger partial charge is 0.354 e. The molecule has 1 N–H and O–H groups in total. The fraction of sp³-hybridized carbons (Fsp3) is 0.231. The van der Waals surface area contributed by atoms with E-state index in [-0.39, 0.29) is 5.69 Å². The van der Waals surface area contributed by atoms with Crippen LogP contribution < -0.4 is 4.74 Å². The number of benzene rings is 2. The second kappa shape index (κ2) is 9.04. The van der Waals surface area contributed by atoms with Gasteiger partial charge in [-0.2, -0.15) is 0 Å². The normalized spacial score (nSPS) is 11.0. The third-order valence-electron chi connectivity index (χ3n) is 5.50. The van der Waals surface area contributed by atoms with Crippen molar-refractivity contribution in [1.29, 1.82) is 0 Å². The Morgan fingerprint density at radius 3 is 2.65 bits per heavy atom.